The van der Waals surface area contributed by atoms with Crippen molar-refractivity contribution in [3.05, 3.63) is 29.0 Å². The van der Waals surface area contributed by atoms with Crippen molar-refractivity contribution >= 4 is 21.4 Å². The fraction of sp³-hybridized carbons (Fsp3) is 0.545. The van der Waals surface area contributed by atoms with Crippen LogP contribution in [0.15, 0.2) is 18.5 Å². The van der Waals surface area contributed by atoms with Gasteiger partial charge >= 0.3 is 0 Å². The molecule has 0 aromatic carbocycles. The summed E-state index contributed by atoms with van der Waals surface area (Å²) in [6.07, 6.45) is 4.32. The van der Waals surface area contributed by atoms with E-state index in [0.29, 0.717) is 17.9 Å². The molecule has 0 spiro atoms. The molecule has 17 heavy (non-hydrogen) atoms. The highest BCUT2D eigenvalue weighted by Gasteiger charge is 2.12. The highest BCUT2D eigenvalue weighted by Crippen LogP contribution is 2.23. The molecular formula is C11H17ClN2O2S. The Hall–Kier alpha value is -0.650. The summed E-state index contributed by atoms with van der Waals surface area (Å²) in [6.45, 7) is 1.65. The zero-order valence-electron chi connectivity index (χ0n) is 9.77. The van der Waals surface area contributed by atoms with E-state index in [1.54, 1.807) is 25.4 Å². The van der Waals surface area contributed by atoms with Gasteiger partial charge in [-0.05, 0) is 24.5 Å². The SMILES string of the molecule is CCS(=O)(=O)CCCC(N)c1ccncc1Cl. The summed E-state index contributed by atoms with van der Waals surface area (Å²) in [5.41, 5.74) is 6.77. The van der Waals surface area contributed by atoms with Crippen LogP contribution < -0.4 is 5.73 Å². The molecule has 0 saturated heterocycles. The van der Waals surface area contributed by atoms with Gasteiger partial charge < -0.3 is 5.73 Å². The average molecular weight is 277 g/mol. The highest BCUT2D eigenvalue weighted by atomic mass is 35.5. The molecule has 1 heterocycles. The molecule has 0 amide bonds. The van der Waals surface area contributed by atoms with Crippen molar-refractivity contribution in [2.24, 2.45) is 5.73 Å². The average Bonchev–Trinajstić information content (AvgIpc) is 2.29. The Balaban J connectivity index is 2.51. The minimum atomic E-state index is -2.91. The van der Waals surface area contributed by atoms with Crippen LogP contribution in [0.1, 0.15) is 31.4 Å². The van der Waals surface area contributed by atoms with Crippen molar-refractivity contribution in [2.75, 3.05) is 11.5 Å². The summed E-state index contributed by atoms with van der Waals surface area (Å²) in [7, 11) is -2.91. The number of rotatable bonds is 6. The molecule has 4 nitrogen and oxygen atoms in total. The molecule has 0 aliphatic heterocycles. The monoisotopic (exact) mass is 276 g/mol. The molecule has 1 rings (SSSR count). The lowest BCUT2D eigenvalue weighted by Crippen LogP contribution is -2.14. The first-order chi connectivity index (χ1) is 7.96. The first-order valence-corrected chi connectivity index (χ1v) is 7.71. The third-order valence-corrected chi connectivity index (χ3v) is 4.72. The third-order valence-electron chi connectivity index (χ3n) is 2.61. The van der Waals surface area contributed by atoms with Crippen molar-refractivity contribution in [3.63, 3.8) is 0 Å². The number of nitrogens with zero attached hydrogens (tertiary/aromatic N) is 1. The van der Waals surface area contributed by atoms with Crippen LogP contribution in [0.5, 0.6) is 0 Å². The van der Waals surface area contributed by atoms with E-state index in [9.17, 15) is 8.42 Å². The molecule has 1 atom stereocenters. The van der Waals surface area contributed by atoms with Crippen LogP contribution in [0.4, 0.5) is 0 Å². The van der Waals surface area contributed by atoms with E-state index in [1.807, 2.05) is 0 Å². The van der Waals surface area contributed by atoms with E-state index in [2.05, 4.69) is 4.98 Å². The van der Waals surface area contributed by atoms with Gasteiger partial charge in [0, 0.05) is 24.2 Å². The van der Waals surface area contributed by atoms with Gasteiger partial charge in [-0.25, -0.2) is 8.42 Å². The van der Waals surface area contributed by atoms with Crippen LogP contribution in [0, 0.1) is 0 Å². The predicted octanol–water partition coefficient (Wildman–Crippen LogP) is 1.95. The molecular weight excluding hydrogens is 260 g/mol. The van der Waals surface area contributed by atoms with E-state index in [0.717, 1.165) is 5.56 Å². The third kappa shape index (κ3) is 4.61. The van der Waals surface area contributed by atoms with E-state index in [1.165, 1.54) is 0 Å². The van der Waals surface area contributed by atoms with Crippen LogP contribution in [0.3, 0.4) is 0 Å². The summed E-state index contributed by atoms with van der Waals surface area (Å²) in [6, 6.07) is 1.53. The summed E-state index contributed by atoms with van der Waals surface area (Å²) in [4.78, 5) is 3.88. The second-order valence-corrected chi connectivity index (χ2v) is 6.76. The summed E-state index contributed by atoms with van der Waals surface area (Å²) in [5.74, 6) is 0.359. The summed E-state index contributed by atoms with van der Waals surface area (Å²) in [5, 5.41) is 0.526. The van der Waals surface area contributed by atoms with E-state index in [-0.39, 0.29) is 17.5 Å². The smallest absolute Gasteiger partial charge is 0.150 e. The molecule has 0 aliphatic carbocycles. The van der Waals surface area contributed by atoms with Gasteiger partial charge in [-0.2, -0.15) is 0 Å². The zero-order chi connectivity index (χ0) is 12.9. The molecule has 0 radical (unpaired) electrons. The number of pyridine rings is 1. The molecule has 96 valence electrons. The second kappa shape index (κ2) is 6.33. The molecule has 0 aliphatic rings. The van der Waals surface area contributed by atoms with Gasteiger partial charge in [-0.1, -0.05) is 18.5 Å². The second-order valence-electron chi connectivity index (χ2n) is 3.88. The largest absolute Gasteiger partial charge is 0.324 e. The van der Waals surface area contributed by atoms with Gasteiger partial charge in [-0.3, -0.25) is 4.98 Å². The van der Waals surface area contributed by atoms with E-state index in [4.69, 9.17) is 17.3 Å². The van der Waals surface area contributed by atoms with E-state index < -0.39 is 9.84 Å². The number of aromatic nitrogens is 1. The summed E-state index contributed by atoms with van der Waals surface area (Å²) >= 11 is 5.95. The molecule has 0 fully saturated rings. The first kappa shape index (κ1) is 14.4. The molecule has 2 N–H and O–H groups in total. The maximum atomic E-state index is 11.3. The van der Waals surface area contributed by atoms with Gasteiger partial charge in [0.2, 0.25) is 0 Å². The Labute approximate surface area is 107 Å². The van der Waals surface area contributed by atoms with Crippen LogP contribution in [-0.2, 0) is 9.84 Å². The Kier molecular flexibility index (Phi) is 5.36. The number of halogens is 1. The van der Waals surface area contributed by atoms with Gasteiger partial charge in [0.15, 0.2) is 0 Å². The van der Waals surface area contributed by atoms with Crippen LogP contribution >= 0.6 is 11.6 Å². The summed E-state index contributed by atoms with van der Waals surface area (Å²) < 4.78 is 22.6. The zero-order valence-corrected chi connectivity index (χ0v) is 11.3. The van der Waals surface area contributed by atoms with E-state index >= 15 is 0 Å². The maximum Gasteiger partial charge on any atom is 0.150 e. The standard InChI is InChI=1S/C11H17ClN2O2S/c1-2-17(15,16)7-3-4-11(13)9-5-6-14-8-10(9)12/h5-6,8,11H,2-4,7,13H2,1H3. The Morgan fingerprint density at radius 1 is 1.53 bits per heavy atom. The van der Waals surface area contributed by atoms with Crippen molar-refractivity contribution in [1.29, 1.82) is 0 Å². The lowest BCUT2D eigenvalue weighted by molar-refractivity contribution is 0.584. The van der Waals surface area contributed by atoms with Gasteiger partial charge in [-0.15, -0.1) is 0 Å². The van der Waals surface area contributed by atoms with Crippen molar-refractivity contribution in [3.8, 4) is 0 Å². The number of nitrogens with two attached hydrogens (primary N) is 1. The lowest BCUT2D eigenvalue weighted by Gasteiger charge is -2.12. The van der Waals surface area contributed by atoms with Crippen LogP contribution in [0.25, 0.3) is 0 Å². The normalized spacial score (nSPS) is 13.6. The quantitative estimate of drug-likeness (QED) is 0.862. The lowest BCUT2D eigenvalue weighted by atomic mass is 10.1. The Bertz CT molecular complexity index is 462. The maximum absolute atomic E-state index is 11.3. The van der Waals surface area contributed by atoms with Gasteiger partial charge in [0.25, 0.3) is 0 Å². The van der Waals surface area contributed by atoms with Gasteiger partial charge in [0.05, 0.1) is 10.8 Å². The number of hydrogen-bond acceptors (Lipinski definition) is 4. The molecule has 6 heteroatoms. The fourth-order valence-corrected chi connectivity index (χ4v) is 2.66. The Morgan fingerprint density at radius 3 is 2.82 bits per heavy atom. The molecule has 1 aromatic rings. The number of hydrogen-bond donors (Lipinski definition) is 1. The van der Waals surface area contributed by atoms with Crippen LogP contribution in [0.2, 0.25) is 5.02 Å². The highest BCUT2D eigenvalue weighted by molar-refractivity contribution is 7.91. The van der Waals surface area contributed by atoms with Crippen molar-refractivity contribution in [1.82, 2.24) is 4.98 Å². The molecule has 0 bridgehead atoms. The molecule has 0 saturated carbocycles. The Morgan fingerprint density at radius 2 is 2.24 bits per heavy atom. The number of sulfone groups is 1. The predicted molar refractivity (Wildman–Crippen MR) is 69.7 cm³/mol. The molecule has 1 aromatic heterocycles. The molecule has 1 unspecified atom stereocenters. The van der Waals surface area contributed by atoms with Crippen LogP contribution in [-0.4, -0.2) is 24.9 Å². The first-order valence-electron chi connectivity index (χ1n) is 5.51. The van der Waals surface area contributed by atoms with Crippen molar-refractivity contribution < 1.29 is 8.42 Å². The fourth-order valence-electron chi connectivity index (χ4n) is 1.51. The van der Waals surface area contributed by atoms with Crippen molar-refractivity contribution in [2.45, 2.75) is 25.8 Å². The van der Waals surface area contributed by atoms with Gasteiger partial charge in [0.1, 0.15) is 9.84 Å². The topological polar surface area (TPSA) is 73.0 Å². The minimum Gasteiger partial charge on any atom is -0.324 e. The minimum absolute atomic E-state index is 0.179.